The van der Waals surface area contributed by atoms with Gasteiger partial charge in [0, 0.05) is 29.8 Å². The average Bonchev–Trinajstić information content (AvgIpc) is 2.99. The van der Waals surface area contributed by atoms with Gasteiger partial charge < -0.3 is 5.32 Å². The monoisotopic (exact) mass is 259 g/mol. The van der Waals surface area contributed by atoms with E-state index in [1.165, 1.54) is 16.2 Å². The Balaban J connectivity index is 1.98. The molecule has 3 rings (SSSR count). The van der Waals surface area contributed by atoms with Crippen LogP contribution in [0.2, 0.25) is 0 Å². The maximum Gasteiger partial charge on any atom is 0.0567 e. The molecule has 0 bridgehead atoms. The minimum atomic E-state index is 0.327. The van der Waals surface area contributed by atoms with Crippen molar-refractivity contribution in [1.82, 2.24) is 15.1 Å². The summed E-state index contributed by atoms with van der Waals surface area (Å²) in [6, 6.07) is 11.2. The van der Waals surface area contributed by atoms with Gasteiger partial charge in [-0.25, -0.2) is 0 Å². The van der Waals surface area contributed by atoms with E-state index in [0.717, 1.165) is 5.75 Å². The van der Waals surface area contributed by atoms with Crippen molar-refractivity contribution in [2.75, 3.05) is 12.8 Å². The Bertz CT molecular complexity index is 549. The lowest BCUT2D eigenvalue weighted by Crippen LogP contribution is -2.26. The van der Waals surface area contributed by atoms with E-state index in [9.17, 15) is 0 Å². The molecule has 1 N–H and O–H groups in total. The van der Waals surface area contributed by atoms with Crippen molar-refractivity contribution in [3.05, 3.63) is 47.8 Å². The Morgan fingerprint density at radius 1 is 1.39 bits per heavy atom. The number of rotatable bonds is 3. The van der Waals surface area contributed by atoms with Gasteiger partial charge in [-0.3, -0.25) is 4.68 Å². The van der Waals surface area contributed by atoms with Gasteiger partial charge in [0.2, 0.25) is 0 Å². The summed E-state index contributed by atoms with van der Waals surface area (Å²) < 4.78 is 1.97. The average molecular weight is 259 g/mol. The summed E-state index contributed by atoms with van der Waals surface area (Å²) >= 11 is 1.95. The summed E-state index contributed by atoms with van der Waals surface area (Å²) in [4.78, 5) is 1.42. The molecule has 1 aromatic carbocycles. The molecule has 2 heterocycles. The van der Waals surface area contributed by atoms with Crippen LogP contribution in [-0.4, -0.2) is 22.6 Å². The Morgan fingerprint density at radius 3 is 2.94 bits per heavy atom. The summed E-state index contributed by atoms with van der Waals surface area (Å²) in [5.41, 5.74) is 2.71. The lowest BCUT2D eigenvalue weighted by atomic mass is 9.91. The van der Waals surface area contributed by atoms with Crippen LogP contribution in [0.25, 0.3) is 0 Å². The second kappa shape index (κ2) is 4.78. The van der Waals surface area contributed by atoms with E-state index in [0.29, 0.717) is 12.0 Å². The zero-order valence-corrected chi connectivity index (χ0v) is 11.4. The van der Waals surface area contributed by atoms with Gasteiger partial charge in [-0.2, -0.15) is 5.10 Å². The van der Waals surface area contributed by atoms with E-state index < -0.39 is 0 Å². The second-order valence-corrected chi connectivity index (χ2v) is 5.66. The summed E-state index contributed by atoms with van der Waals surface area (Å²) in [6.45, 7) is 0. The molecule has 2 unspecified atom stereocenters. The molecule has 4 heteroatoms. The molecule has 0 saturated heterocycles. The molecule has 2 aromatic rings. The molecule has 94 valence electrons. The predicted octanol–water partition coefficient (Wildman–Crippen LogP) is 2.57. The van der Waals surface area contributed by atoms with Crippen LogP contribution >= 0.6 is 11.8 Å². The van der Waals surface area contributed by atoms with Crippen LogP contribution < -0.4 is 5.32 Å². The summed E-state index contributed by atoms with van der Waals surface area (Å²) in [6.07, 6.45) is 1.87. The normalized spacial score (nSPS) is 19.8. The minimum absolute atomic E-state index is 0.327. The smallest absolute Gasteiger partial charge is 0.0567 e. The lowest BCUT2D eigenvalue weighted by Gasteiger charge is -2.23. The number of likely N-dealkylation sites (N-methyl/N-ethyl adjacent to an activating group) is 1. The molecule has 0 saturated carbocycles. The van der Waals surface area contributed by atoms with Gasteiger partial charge in [-0.15, -0.1) is 11.8 Å². The fourth-order valence-corrected chi connectivity index (χ4v) is 4.00. The third kappa shape index (κ3) is 1.85. The third-order valence-corrected chi connectivity index (χ3v) is 4.84. The molecule has 0 amide bonds. The van der Waals surface area contributed by atoms with Crippen LogP contribution in [-0.2, 0) is 7.05 Å². The van der Waals surface area contributed by atoms with Gasteiger partial charge in [0.15, 0.2) is 0 Å². The Kier molecular flexibility index (Phi) is 3.14. The van der Waals surface area contributed by atoms with Gasteiger partial charge in [-0.05, 0) is 24.7 Å². The highest BCUT2D eigenvalue weighted by Crippen LogP contribution is 2.45. The lowest BCUT2D eigenvalue weighted by molar-refractivity contribution is 0.478. The van der Waals surface area contributed by atoms with E-state index in [1.54, 1.807) is 0 Å². The maximum atomic E-state index is 4.28. The number of hydrogen-bond acceptors (Lipinski definition) is 3. The SMILES string of the molecule is CNC(c1ccnn1C)C1CSc2ccccc21. The Morgan fingerprint density at radius 2 is 2.22 bits per heavy atom. The number of aryl methyl sites for hydroxylation is 1. The molecule has 0 fully saturated rings. The van der Waals surface area contributed by atoms with Crippen LogP contribution in [0.3, 0.4) is 0 Å². The predicted molar refractivity (Wildman–Crippen MR) is 74.9 cm³/mol. The van der Waals surface area contributed by atoms with E-state index >= 15 is 0 Å². The van der Waals surface area contributed by atoms with E-state index in [1.807, 2.05) is 36.7 Å². The molecule has 18 heavy (non-hydrogen) atoms. The number of nitrogens with zero attached hydrogens (tertiary/aromatic N) is 2. The minimum Gasteiger partial charge on any atom is -0.311 e. The van der Waals surface area contributed by atoms with E-state index in [-0.39, 0.29) is 0 Å². The van der Waals surface area contributed by atoms with Crippen LogP contribution in [0.4, 0.5) is 0 Å². The molecule has 1 aliphatic rings. The van der Waals surface area contributed by atoms with Crippen molar-refractivity contribution in [3.8, 4) is 0 Å². The van der Waals surface area contributed by atoms with E-state index in [2.05, 4.69) is 40.7 Å². The van der Waals surface area contributed by atoms with Crippen LogP contribution in [0.15, 0.2) is 41.4 Å². The zero-order chi connectivity index (χ0) is 12.5. The van der Waals surface area contributed by atoms with Crippen molar-refractivity contribution in [3.63, 3.8) is 0 Å². The number of nitrogens with one attached hydrogen (secondary N) is 1. The highest BCUT2D eigenvalue weighted by atomic mass is 32.2. The third-order valence-electron chi connectivity index (χ3n) is 3.63. The largest absolute Gasteiger partial charge is 0.311 e. The van der Waals surface area contributed by atoms with Gasteiger partial charge in [0.25, 0.3) is 0 Å². The summed E-state index contributed by atoms with van der Waals surface area (Å²) in [7, 11) is 4.04. The fraction of sp³-hybridized carbons (Fsp3) is 0.357. The van der Waals surface area contributed by atoms with Crippen molar-refractivity contribution in [2.24, 2.45) is 7.05 Å². The topological polar surface area (TPSA) is 29.9 Å². The second-order valence-electron chi connectivity index (χ2n) is 4.60. The van der Waals surface area contributed by atoms with Crippen LogP contribution in [0.1, 0.15) is 23.2 Å². The molecule has 1 aromatic heterocycles. The molecule has 3 nitrogen and oxygen atoms in total. The molecular weight excluding hydrogens is 242 g/mol. The molecule has 2 atom stereocenters. The summed E-state index contributed by atoms with van der Waals surface area (Å²) in [5, 5.41) is 7.74. The first-order valence-corrected chi connectivity index (χ1v) is 7.16. The van der Waals surface area contributed by atoms with Crippen LogP contribution in [0, 0.1) is 0 Å². The van der Waals surface area contributed by atoms with Crippen molar-refractivity contribution in [2.45, 2.75) is 16.9 Å². The Hall–Kier alpha value is -1.26. The molecule has 0 aliphatic carbocycles. The highest BCUT2D eigenvalue weighted by molar-refractivity contribution is 7.99. The number of hydrogen-bond donors (Lipinski definition) is 1. The van der Waals surface area contributed by atoms with Crippen molar-refractivity contribution in [1.29, 1.82) is 0 Å². The van der Waals surface area contributed by atoms with Gasteiger partial charge in [0.1, 0.15) is 0 Å². The van der Waals surface area contributed by atoms with E-state index in [4.69, 9.17) is 0 Å². The summed E-state index contributed by atoms with van der Waals surface area (Å²) in [5.74, 6) is 1.65. The van der Waals surface area contributed by atoms with Gasteiger partial charge in [-0.1, -0.05) is 18.2 Å². The maximum absolute atomic E-state index is 4.28. The molecule has 0 radical (unpaired) electrons. The van der Waals surface area contributed by atoms with Gasteiger partial charge >= 0.3 is 0 Å². The van der Waals surface area contributed by atoms with Crippen molar-refractivity contribution >= 4 is 11.8 Å². The molecular formula is C14H17N3S. The highest BCUT2D eigenvalue weighted by Gasteiger charge is 2.31. The molecule has 1 aliphatic heterocycles. The number of thioether (sulfide) groups is 1. The first-order chi connectivity index (χ1) is 8.81. The quantitative estimate of drug-likeness (QED) is 0.919. The number of aromatic nitrogens is 2. The molecule has 0 spiro atoms. The fourth-order valence-electron chi connectivity index (χ4n) is 2.71. The first kappa shape index (κ1) is 11.8. The van der Waals surface area contributed by atoms with Crippen molar-refractivity contribution < 1.29 is 0 Å². The first-order valence-electron chi connectivity index (χ1n) is 6.18. The zero-order valence-electron chi connectivity index (χ0n) is 10.6. The standard InChI is InChI=1S/C14H17N3S/c1-15-14(12-7-8-16-17(12)2)11-9-18-13-6-4-3-5-10(11)13/h3-8,11,14-15H,9H2,1-2H3. The van der Waals surface area contributed by atoms with Crippen LogP contribution in [0.5, 0.6) is 0 Å². The Labute approximate surface area is 112 Å². The number of fused-ring (bicyclic) bond motifs is 1. The number of benzene rings is 1. The van der Waals surface area contributed by atoms with Gasteiger partial charge in [0.05, 0.1) is 11.7 Å².